The van der Waals surface area contributed by atoms with Crippen LogP contribution in [0.5, 0.6) is 0 Å². The van der Waals surface area contributed by atoms with Crippen LogP contribution in [0.25, 0.3) is 0 Å². The van der Waals surface area contributed by atoms with Gasteiger partial charge in [-0.25, -0.2) is 0 Å². The molecule has 0 spiro atoms. The van der Waals surface area contributed by atoms with Crippen LogP contribution in [0.2, 0.25) is 0 Å². The van der Waals surface area contributed by atoms with Gasteiger partial charge >= 0.3 is 0 Å². The van der Waals surface area contributed by atoms with Gasteiger partial charge in [-0.05, 0) is 20.8 Å². The highest BCUT2D eigenvalue weighted by atomic mass is 16.5. The lowest BCUT2D eigenvalue weighted by molar-refractivity contribution is 0.0339. The minimum absolute atomic E-state index is 0.337. The molecule has 0 aromatic heterocycles. The molecule has 1 rings (SSSR count). The summed E-state index contributed by atoms with van der Waals surface area (Å²) in [4.78, 5) is 4.68. The summed E-state index contributed by atoms with van der Waals surface area (Å²) in [5, 5.41) is 9.08. The van der Waals surface area contributed by atoms with Gasteiger partial charge in [0.05, 0.1) is 12.7 Å². The number of nitriles is 1. The lowest BCUT2D eigenvalue weighted by Gasteiger charge is -2.42. The summed E-state index contributed by atoms with van der Waals surface area (Å²) in [7, 11) is 1.74. The van der Waals surface area contributed by atoms with Crippen molar-refractivity contribution in [1.82, 2.24) is 9.80 Å². The average molecular weight is 225 g/mol. The van der Waals surface area contributed by atoms with Crippen molar-refractivity contribution < 1.29 is 4.74 Å². The molecule has 1 atom stereocenters. The Bertz CT molecular complexity index is 251. The van der Waals surface area contributed by atoms with Gasteiger partial charge < -0.3 is 4.74 Å². The van der Waals surface area contributed by atoms with Gasteiger partial charge in [-0.3, -0.25) is 9.80 Å². The molecule has 0 amide bonds. The molecular formula is C12H23N3O. The molecule has 0 N–H and O–H groups in total. The van der Waals surface area contributed by atoms with Crippen LogP contribution in [-0.2, 0) is 4.74 Å². The summed E-state index contributed by atoms with van der Waals surface area (Å²) < 4.78 is 5.16. The molecule has 0 saturated carbocycles. The molecule has 4 nitrogen and oxygen atoms in total. The summed E-state index contributed by atoms with van der Waals surface area (Å²) in [5.41, 5.74) is -0.337. The third-order valence-corrected chi connectivity index (χ3v) is 3.41. The number of ether oxygens (including phenoxy) is 1. The van der Waals surface area contributed by atoms with Crippen LogP contribution in [-0.4, -0.2) is 61.3 Å². The lowest BCUT2D eigenvalue weighted by Crippen LogP contribution is -2.56. The summed E-state index contributed by atoms with van der Waals surface area (Å²) in [5.74, 6) is 0. The van der Waals surface area contributed by atoms with Crippen molar-refractivity contribution in [3.8, 4) is 6.07 Å². The number of nitrogens with zero attached hydrogens (tertiary/aromatic N) is 3. The zero-order valence-corrected chi connectivity index (χ0v) is 10.9. The van der Waals surface area contributed by atoms with Crippen molar-refractivity contribution in [2.45, 2.75) is 32.4 Å². The van der Waals surface area contributed by atoms with Crippen LogP contribution in [0, 0.1) is 11.3 Å². The van der Waals surface area contributed by atoms with E-state index in [9.17, 15) is 0 Å². The molecule has 1 saturated heterocycles. The Morgan fingerprint density at radius 3 is 2.31 bits per heavy atom. The Hall–Kier alpha value is -0.630. The first-order chi connectivity index (χ1) is 7.51. The van der Waals surface area contributed by atoms with Gasteiger partial charge in [0.1, 0.15) is 5.54 Å². The number of hydrogen-bond acceptors (Lipinski definition) is 4. The molecule has 92 valence electrons. The maximum atomic E-state index is 9.08. The van der Waals surface area contributed by atoms with E-state index in [1.807, 2.05) is 13.8 Å². The SMILES string of the molecule is COCC(C)N1CCN(C(C)(C)C#N)CC1. The van der Waals surface area contributed by atoms with Gasteiger partial charge in [-0.2, -0.15) is 5.26 Å². The molecule has 1 unspecified atom stereocenters. The second-order valence-electron chi connectivity index (χ2n) is 5.00. The number of methoxy groups -OCH3 is 1. The summed E-state index contributed by atoms with van der Waals surface area (Å²) in [6.07, 6.45) is 0. The standard InChI is InChI=1S/C12H23N3O/c1-11(9-16-4)14-5-7-15(8-6-14)12(2,3)10-13/h11H,5-9H2,1-4H3. The third-order valence-electron chi connectivity index (χ3n) is 3.41. The minimum atomic E-state index is -0.337. The molecule has 0 radical (unpaired) electrons. The van der Waals surface area contributed by atoms with Gasteiger partial charge in [-0.15, -0.1) is 0 Å². The highest BCUT2D eigenvalue weighted by Crippen LogP contribution is 2.16. The smallest absolute Gasteiger partial charge is 0.103 e. The molecule has 16 heavy (non-hydrogen) atoms. The van der Waals surface area contributed by atoms with E-state index in [-0.39, 0.29) is 5.54 Å². The van der Waals surface area contributed by atoms with Crippen LogP contribution in [0.1, 0.15) is 20.8 Å². The Labute approximate surface area is 98.8 Å². The van der Waals surface area contributed by atoms with Crippen molar-refractivity contribution in [2.24, 2.45) is 0 Å². The fourth-order valence-electron chi connectivity index (χ4n) is 2.14. The Balaban J connectivity index is 2.43. The first kappa shape index (κ1) is 13.4. The van der Waals surface area contributed by atoms with Crippen molar-refractivity contribution in [2.75, 3.05) is 39.9 Å². The molecular weight excluding hydrogens is 202 g/mol. The Morgan fingerprint density at radius 2 is 1.88 bits per heavy atom. The van der Waals surface area contributed by atoms with Crippen LogP contribution in [0.4, 0.5) is 0 Å². The van der Waals surface area contributed by atoms with Crippen LogP contribution < -0.4 is 0 Å². The predicted octanol–water partition coefficient (Wildman–Crippen LogP) is 0.941. The van der Waals surface area contributed by atoms with Gasteiger partial charge in [0.25, 0.3) is 0 Å². The topological polar surface area (TPSA) is 39.5 Å². The largest absolute Gasteiger partial charge is 0.383 e. The molecule has 1 aliphatic heterocycles. The minimum Gasteiger partial charge on any atom is -0.383 e. The van der Waals surface area contributed by atoms with E-state index in [2.05, 4.69) is 22.8 Å². The first-order valence-corrected chi connectivity index (χ1v) is 5.90. The lowest BCUT2D eigenvalue weighted by atomic mass is 10.0. The van der Waals surface area contributed by atoms with E-state index < -0.39 is 0 Å². The monoisotopic (exact) mass is 225 g/mol. The van der Waals surface area contributed by atoms with Crippen LogP contribution in [0.15, 0.2) is 0 Å². The van der Waals surface area contributed by atoms with Crippen molar-refractivity contribution in [1.29, 1.82) is 5.26 Å². The number of rotatable bonds is 4. The number of piperazine rings is 1. The van der Waals surface area contributed by atoms with Gasteiger partial charge in [0, 0.05) is 39.3 Å². The summed E-state index contributed by atoms with van der Waals surface area (Å²) in [6.45, 7) is 10.9. The third kappa shape index (κ3) is 3.18. The average Bonchev–Trinajstić information content (AvgIpc) is 2.29. The molecule has 0 aliphatic carbocycles. The molecule has 0 aromatic rings. The Morgan fingerprint density at radius 1 is 1.31 bits per heavy atom. The maximum absolute atomic E-state index is 9.08. The molecule has 4 heteroatoms. The van der Waals surface area contributed by atoms with E-state index in [4.69, 9.17) is 10.00 Å². The van der Waals surface area contributed by atoms with Crippen molar-refractivity contribution in [3.05, 3.63) is 0 Å². The van der Waals surface area contributed by atoms with Crippen LogP contribution >= 0.6 is 0 Å². The zero-order chi connectivity index (χ0) is 12.2. The molecule has 1 fully saturated rings. The first-order valence-electron chi connectivity index (χ1n) is 5.90. The Kier molecular flexibility index (Phi) is 4.72. The fraction of sp³-hybridized carbons (Fsp3) is 0.917. The highest BCUT2D eigenvalue weighted by molar-refractivity contribution is 5.02. The molecule has 1 aliphatic rings. The van der Waals surface area contributed by atoms with Gasteiger partial charge in [-0.1, -0.05) is 0 Å². The van der Waals surface area contributed by atoms with Crippen molar-refractivity contribution in [3.63, 3.8) is 0 Å². The quantitative estimate of drug-likeness (QED) is 0.714. The van der Waals surface area contributed by atoms with Crippen LogP contribution in [0.3, 0.4) is 0 Å². The second kappa shape index (κ2) is 5.62. The maximum Gasteiger partial charge on any atom is 0.103 e. The summed E-state index contributed by atoms with van der Waals surface area (Å²) >= 11 is 0. The normalized spacial score (nSPS) is 21.7. The molecule has 0 aromatic carbocycles. The molecule has 1 heterocycles. The van der Waals surface area contributed by atoms with E-state index in [0.29, 0.717) is 6.04 Å². The second-order valence-corrected chi connectivity index (χ2v) is 5.00. The van der Waals surface area contributed by atoms with E-state index in [1.165, 1.54) is 0 Å². The van der Waals surface area contributed by atoms with E-state index in [1.54, 1.807) is 7.11 Å². The fourth-order valence-corrected chi connectivity index (χ4v) is 2.14. The highest BCUT2D eigenvalue weighted by Gasteiger charge is 2.30. The number of hydrogen-bond donors (Lipinski definition) is 0. The summed E-state index contributed by atoms with van der Waals surface area (Å²) in [6, 6.07) is 2.83. The van der Waals surface area contributed by atoms with Crippen molar-refractivity contribution >= 4 is 0 Å². The molecule has 0 bridgehead atoms. The van der Waals surface area contributed by atoms with E-state index >= 15 is 0 Å². The van der Waals surface area contributed by atoms with Gasteiger partial charge in [0.15, 0.2) is 0 Å². The zero-order valence-electron chi connectivity index (χ0n) is 10.9. The predicted molar refractivity (Wildman–Crippen MR) is 64.2 cm³/mol. The van der Waals surface area contributed by atoms with E-state index in [0.717, 1.165) is 32.8 Å². The van der Waals surface area contributed by atoms with Gasteiger partial charge in [0.2, 0.25) is 0 Å².